The normalized spacial score (nSPS) is 12.2. The second-order valence-electron chi connectivity index (χ2n) is 2.52. The van der Waals surface area contributed by atoms with Crippen LogP contribution in [0.15, 0.2) is 6.20 Å². The zero-order valence-corrected chi connectivity index (χ0v) is 8.97. The summed E-state index contributed by atoms with van der Waals surface area (Å²) in [7, 11) is 0. The molecule has 2 nitrogen and oxygen atoms in total. The zero-order valence-electron chi connectivity index (χ0n) is 6.82. The van der Waals surface area contributed by atoms with Crippen molar-refractivity contribution < 1.29 is 27.1 Å². The van der Waals surface area contributed by atoms with Crippen molar-refractivity contribution in [3.8, 4) is 5.75 Å². The first-order valence-corrected chi connectivity index (χ1v) is 4.55. The Morgan fingerprint density at radius 1 is 1.33 bits per heavy atom. The summed E-state index contributed by atoms with van der Waals surface area (Å²) in [6.07, 6.45) is -8.08. The quantitative estimate of drug-likeness (QED) is 0.484. The topological polar surface area (TPSA) is 33.1 Å². The fourth-order valence-corrected chi connectivity index (χ4v) is 1.37. The van der Waals surface area contributed by atoms with Crippen LogP contribution in [0.1, 0.15) is 17.6 Å². The Bertz CT molecular complexity index is 378. The summed E-state index contributed by atoms with van der Waals surface area (Å²) < 4.78 is 61.0. The van der Waals surface area contributed by atoms with E-state index in [0.29, 0.717) is 0 Å². The number of hydrogen-bond acceptors (Lipinski definition) is 2. The second kappa shape index (κ2) is 4.06. The summed E-state index contributed by atoms with van der Waals surface area (Å²) in [5.41, 5.74) is -3.04. The van der Waals surface area contributed by atoms with Crippen molar-refractivity contribution >= 4 is 22.6 Å². The minimum absolute atomic E-state index is 0.281. The summed E-state index contributed by atoms with van der Waals surface area (Å²) in [5.74, 6) is -1.12. The Kier molecular flexibility index (Phi) is 3.36. The minimum Gasteiger partial charge on any atom is -0.505 e. The monoisotopic (exact) mass is 339 g/mol. The van der Waals surface area contributed by atoms with Gasteiger partial charge in [0.2, 0.25) is 0 Å². The van der Waals surface area contributed by atoms with Gasteiger partial charge in [-0.05, 0) is 22.6 Å². The lowest BCUT2D eigenvalue weighted by Gasteiger charge is -2.13. The Morgan fingerprint density at radius 3 is 2.27 bits per heavy atom. The van der Waals surface area contributed by atoms with E-state index in [2.05, 4.69) is 4.98 Å². The van der Waals surface area contributed by atoms with Crippen LogP contribution in [0, 0.1) is 3.70 Å². The van der Waals surface area contributed by atoms with Crippen molar-refractivity contribution in [3.63, 3.8) is 0 Å². The van der Waals surface area contributed by atoms with Gasteiger partial charge in [-0.15, -0.1) is 0 Å². The summed E-state index contributed by atoms with van der Waals surface area (Å²) in [5, 5.41) is 9.06. The number of aromatic hydroxyl groups is 1. The number of aromatic nitrogens is 1. The summed E-state index contributed by atoms with van der Waals surface area (Å²) in [6, 6.07) is 0. The molecule has 0 aliphatic heterocycles. The van der Waals surface area contributed by atoms with Crippen molar-refractivity contribution in [2.45, 2.75) is 12.6 Å². The molecule has 84 valence electrons. The molecular formula is C7H3F5INO. The van der Waals surface area contributed by atoms with Gasteiger partial charge >= 0.3 is 6.18 Å². The van der Waals surface area contributed by atoms with E-state index in [4.69, 9.17) is 5.11 Å². The Balaban J connectivity index is 3.47. The van der Waals surface area contributed by atoms with Gasteiger partial charge in [-0.3, -0.25) is 0 Å². The van der Waals surface area contributed by atoms with E-state index < -0.39 is 29.5 Å². The van der Waals surface area contributed by atoms with Crippen molar-refractivity contribution in [3.05, 3.63) is 21.0 Å². The molecule has 0 bridgehead atoms. The third-order valence-corrected chi connectivity index (χ3v) is 2.36. The molecule has 0 unspecified atom stereocenters. The highest BCUT2D eigenvalue weighted by Crippen LogP contribution is 2.41. The second-order valence-corrected chi connectivity index (χ2v) is 3.55. The van der Waals surface area contributed by atoms with Gasteiger partial charge in [0, 0.05) is 6.20 Å². The molecule has 15 heavy (non-hydrogen) atoms. The predicted molar refractivity (Wildman–Crippen MR) is 48.6 cm³/mol. The van der Waals surface area contributed by atoms with Crippen molar-refractivity contribution in [2.24, 2.45) is 0 Å². The van der Waals surface area contributed by atoms with E-state index in [9.17, 15) is 22.0 Å². The minimum atomic E-state index is -4.96. The molecule has 0 saturated carbocycles. The first-order valence-electron chi connectivity index (χ1n) is 3.48. The van der Waals surface area contributed by atoms with Gasteiger partial charge in [0.15, 0.2) is 5.75 Å². The lowest BCUT2D eigenvalue weighted by atomic mass is 10.1. The van der Waals surface area contributed by atoms with E-state index in [-0.39, 0.29) is 9.90 Å². The maximum absolute atomic E-state index is 12.3. The van der Waals surface area contributed by atoms with Crippen molar-refractivity contribution in [2.75, 3.05) is 0 Å². The maximum atomic E-state index is 12.3. The van der Waals surface area contributed by atoms with Gasteiger partial charge in [-0.1, -0.05) is 0 Å². The van der Waals surface area contributed by atoms with Crippen LogP contribution >= 0.6 is 22.6 Å². The molecule has 0 saturated heterocycles. The average Bonchev–Trinajstić information content (AvgIpc) is 2.06. The van der Waals surface area contributed by atoms with E-state index in [1.807, 2.05) is 0 Å². The Labute approximate surface area is 94.3 Å². The van der Waals surface area contributed by atoms with Gasteiger partial charge in [0.05, 0.1) is 11.1 Å². The molecule has 0 spiro atoms. The Hall–Kier alpha value is -0.670. The van der Waals surface area contributed by atoms with Crippen LogP contribution < -0.4 is 0 Å². The molecule has 1 heterocycles. The molecule has 0 aliphatic carbocycles. The van der Waals surface area contributed by atoms with E-state index >= 15 is 0 Å². The molecule has 0 amide bonds. The Morgan fingerprint density at radius 2 is 1.87 bits per heavy atom. The molecular weight excluding hydrogens is 336 g/mol. The third-order valence-electron chi connectivity index (χ3n) is 1.57. The first kappa shape index (κ1) is 12.4. The first-order chi connectivity index (χ1) is 6.75. The highest BCUT2D eigenvalue weighted by atomic mass is 127. The molecule has 0 aromatic carbocycles. The zero-order chi connectivity index (χ0) is 11.8. The molecule has 1 aromatic rings. The molecule has 0 radical (unpaired) electrons. The van der Waals surface area contributed by atoms with Gasteiger partial charge in [-0.2, -0.15) is 13.2 Å². The van der Waals surface area contributed by atoms with Crippen LogP contribution in [0.5, 0.6) is 5.75 Å². The number of rotatable bonds is 1. The molecule has 8 heteroatoms. The molecule has 0 atom stereocenters. The smallest absolute Gasteiger partial charge is 0.418 e. The number of hydrogen-bond donors (Lipinski definition) is 1. The number of alkyl halides is 5. The predicted octanol–water partition coefficient (Wildman–Crippen LogP) is 3.35. The number of halogens is 6. The highest BCUT2D eigenvalue weighted by molar-refractivity contribution is 14.1. The van der Waals surface area contributed by atoms with E-state index in [1.165, 1.54) is 22.6 Å². The average molecular weight is 339 g/mol. The number of pyridine rings is 1. The molecule has 0 fully saturated rings. The van der Waals surface area contributed by atoms with E-state index in [1.54, 1.807) is 0 Å². The molecule has 1 rings (SSSR count). The lowest BCUT2D eigenvalue weighted by Crippen LogP contribution is -2.11. The van der Waals surface area contributed by atoms with Crippen LogP contribution in [0.3, 0.4) is 0 Å². The number of nitrogens with zero attached hydrogens (tertiary/aromatic N) is 1. The summed E-state index contributed by atoms with van der Waals surface area (Å²) >= 11 is 1.37. The third kappa shape index (κ3) is 2.47. The fourth-order valence-electron chi connectivity index (χ4n) is 0.937. The summed E-state index contributed by atoms with van der Waals surface area (Å²) in [6.45, 7) is 0. The highest BCUT2D eigenvalue weighted by Gasteiger charge is 2.38. The van der Waals surface area contributed by atoms with Crippen molar-refractivity contribution in [1.29, 1.82) is 0 Å². The van der Waals surface area contributed by atoms with Crippen LogP contribution in [0.2, 0.25) is 0 Å². The van der Waals surface area contributed by atoms with Gasteiger partial charge < -0.3 is 5.11 Å². The van der Waals surface area contributed by atoms with Gasteiger partial charge in [0.25, 0.3) is 6.43 Å². The molecule has 1 aromatic heterocycles. The van der Waals surface area contributed by atoms with Crippen LogP contribution in [-0.4, -0.2) is 10.1 Å². The van der Waals surface area contributed by atoms with Crippen LogP contribution in [-0.2, 0) is 6.18 Å². The summed E-state index contributed by atoms with van der Waals surface area (Å²) in [4.78, 5) is 3.17. The standard InChI is InChI=1S/C7H3F5INO/c8-5(9)3-2(7(10,11)12)1-14-6(13)4(3)15/h1,5,15H. The largest absolute Gasteiger partial charge is 0.505 e. The molecule has 1 N–H and O–H groups in total. The fraction of sp³-hybridized carbons (Fsp3) is 0.286. The van der Waals surface area contributed by atoms with Gasteiger partial charge in [0.1, 0.15) is 3.70 Å². The van der Waals surface area contributed by atoms with Crippen molar-refractivity contribution in [1.82, 2.24) is 4.98 Å². The van der Waals surface area contributed by atoms with Gasteiger partial charge in [-0.25, -0.2) is 13.8 Å². The van der Waals surface area contributed by atoms with E-state index in [0.717, 1.165) is 0 Å². The molecule has 0 aliphatic rings. The lowest BCUT2D eigenvalue weighted by molar-refractivity contribution is -0.140. The maximum Gasteiger partial charge on any atom is 0.418 e. The van der Waals surface area contributed by atoms with Crippen LogP contribution in [0.25, 0.3) is 0 Å². The SMILES string of the molecule is Oc1c(I)ncc(C(F)(F)F)c1C(F)F. The van der Waals surface area contributed by atoms with Crippen LogP contribution in [0.4, 0.5) is 22.0 Å².